The van der Waals surface area contributed by atoms with Gasteiger partial charge in [-0.2, -0.15) is 4.98 Å². The molecule has 0 aliphatic carbocycles. The maximum Gasteiger partial charge on any atom is 0.264 e. The molecular formula is C15H20N2O4. The maximum absolute atomic E-state index is 8.97. The van der Waals surface area contributed by atoms with E-state index in [2.05, 4.69) is 10.1 Å². The summed E-state index contributed by atoms with van der Waals surface area (Å²) < 4.78 is 15.9. The van der Waals surface area contributed by atoms with Crippen LogP contribution in [-0.2, 0) is 23.4 Å². The molecule has 2 aromatic rings. The van der Waals surface area contributed by atoms with E-state index in [-0.39, 0.29) is 18.6 Å². The van der Waals surface area contributed by atoms with Crippen molar-refractivity contribution < 1.29 is 19.1 Å². The van der Waals surface area contributed by atoms with Crippen LogP contribution in [0, 0.1) is 0 Å². The van der Waals surface area contributed by atoms with Gasteiger partial charge < -0.3 is 19.1 Å². The van der Waals surface area contributed by atoms with Crippen LogP contribution in [0.5, 0.6) is 5.75 Å². The minimum Gasteiger partial charge on any atom is -0.484 e. The molecule has 2 rings (SSSR count). The van der Waals surface area contributed by atoms with Crippen LogP contribution in [0.1, 0.15) is 31.1 Å². The molecule has 1 N–H and O–H groups in total. The first-order valence-corrected chi connectivity index (χ1v) is 6.70. The van der Waals surface area contributed by atoms with Gasteiger partial charge in [-0.15, -0.1) is 0 Å². The SMILES string of the molecule is COCC(C)(C)c1noc(COc2ccc(CO)cc2)n1. The van der Waals surface area contributed by atoms with Crippen LogP contribution in [-0.4, -0.2) is 29.0 Å². The highest BCUT2D eigenvalue weighted by molar-refractivity contribution is 5.26. The van der Waals surface area contributed by atoms with Crippen molar-refractivity contribution in [2.24, 2.45) is 0 Å². The Hall–Kier alpha value is -1.92. The van der Waals surface area contributed by atoms with E-state index >= 15 is 0 Å². The monoisotopic (exact) mass is 292 g/mol. The lowest BCUT2D eigenvalue weighted by Crippen LogP contribution is -2.25. The summed E-state index contributed by atoms with van der Waals surface area (Å²) in [5.74, 6) is 1.70. The molecule has 0 aliphatic heterocycles. The molecule has 0 aliphatic rings. The zero-order valence-corrected chi connectivity index (χ0v) is 12.5. The standard InChI is InChI=1S/C15H20N2O4/c1-15(2,10-19-3)14-16-13(21-17-14)9-20-12-6-4-11(8-18)5-7-12/h4-7,18H,8-10H2,1-3H3. The van der Waals surface area contributed by atoms with Crippen LogP contribution in [0.15, 0.2) is 28.8 Å². The van der Waals surface area contributed by atoms with Crippen molar-refractivity contribution >= 4 is 0 Å². The smallest absolute Gasteiger partial charge is 0.264 e. The molecule has 6 heteroatoms. The van der Waals surface area contributed by atoms with Gasteiger partial charge in [-0.3, -0.25) is 0 Å². The average Bonchev–Trinajstić information content (AvgIpc) is 2.95. The molecule has 0 atom stereocenters. The first kappa shape index (κ1) is 15.5. The summed E-state index contributed by atoms with van der Waals surface area (Å²) in [6.45, 7) is 4.70. The van der Waals surface area contributed by atoms with Crippen molar-refractivity contribution in [1.82, 2.24) is 10.1 Å². The number of rotatable bonds is 7. The molecule has 114 valence electrons. The van der Waals surface area contributed by atoms with E-state index in [1.54, 1.807) is 31.4 Å². The Bertz CT molecular complexity index is 563. The molecule has 0 amide bonds. The zero-order valence-electron chi connectivity index (χ0n) is 12.5. The van der Waals surface area contributed by atoms with Gasteiger partial charge >= 0.3 is 0 Å². The van der Waals surface area contributed by atoms with E-state index in [4.69, 9.17) is 19.1 Å². The van der Waals surface area contributed by atoms with Gasteiger partial charge in [-0.25, -0.2) is 0 Å². The number of aliphatic hydroxyl groups is 1. The topological polar surface area (TPSA) is 77.6 Å². The second-order valence-electron chi connectivity index (χ2n) is 5.42. The summed E-state index contributed by atoms with van der Waals surface area (Å²) in [5, 5.41) is 12.9. The number of aromatic nitrogens is 2. The maximum atomic E-state index is 8.97. The van der Waals surface area contributed by atoms with E-state index in [1.807, 2.05) is 13.8 Å². The first-order valence-electron chi connectivity index (χ1n) is 6.70. The molecule has 0 saturated carbocycles. The fourth-order valence-electron chi connectivity index (χ4n) is 1.85. The largest absolute Gasteiger partial charge is 0.484 e. The summed E-state index contributed by atoms with van der Waals surface area (Å²) in [5.41, 5.74) is 0.531. The highest BCUT2D eigenvalue weighted by Crippen LogP contribution is 2.21. The fourth-order valence-corrected chi connectivity index (χ4v) is 1.85. The predicted molar refractivity (Wildman–Crippen MR) is 75.9 cm³/mol. The Labute approximate surface area is 123 Å². The second-order valence-corrected chi connectivity index (χ2v) is 5.42. The van der Waals surface area contributed by atoms with Crippen LogP contribution >= 0.6 is 0 Å². The fraction of sp³-hybridized carbons (Fsp3) is 0.467. The summed E-state index contributed by atoms with van der Waals surface area (Å²) in [7, 11) is 1.64. The number of methoxy groups -OCH3 is 1. The summed E-state index contributed by atoms with van der Waals surface area (Å²) in [6, 6.07) is 7.18. The van der Waals surface area contributed by atoms with E-state index in [0.717, 1.165) is 5.56 Å². The van der Waals surface area contributed by atoms with E-state index in [9.17, 15) is 0 Å². The number of aliphatic hydroxyl groups excluding tert-OH is 1. The Kier molecular flexibility index (Phi) is 4.93. The van der Waals surface area contributed by atoms with Crippen LogP contribution in [0.25, 0.3) is 0 Å². The van der Waals surface area contributed by atoms with Gasteiger partial charge in [0, 0.05) is 7.11 Å². The van der Waals surface area contributed by atoms with Gasteiger partial charge in [0.1, 0.15) is 5.75 Å². The molecular weight excluding hydrogens is 272 g/mol. The van der Waals surface area contributed by atoms with Gasteiger partial charge in [0.2, 0.25) is 0 Å². The normalized spacial score (nSPS) is 11.6. The Morgan fingerprint density at radius 1 is 1.24 bits per heavy atom. The molecule has 1 aromatic carbocycles. The number of benzene rings is 1. The third kappa shape index (κ3) is 4.03. The molecule has 0 unspecified atom stereocenters. The van der Waals surface area contributed by atoms with Gasteiger partial charge in [0.25, 0.3) is 5.89 Å². The zero-order chi connectivity index (χ0) is 15.3. The minimum absolute atomic E-state index is 0.0158. The molecule has 0 bridgehead atoms. The number of ether oxygens (including phenoxy) is 2. The van der Waals surface area contributed by atoms with Crippen LogP contribution in [0.2, 0.25) is 0 Å². The van der Waals surface area contributed by atoms with Gasteiger partial charge in [-0.05, 0) is 17.7 Å². The number of hydrogen-bond acceptors (Lipinski definition) is 6. The van der Waals surface area contributed by atoms with Crippen molar-refractivity contribution in [3.8, 4) is 5.75 Å². The third-order valence-electron chi connectivity index (χ3n) is 3.05. The average molecular weight is 292 g/mol. The molecule has 21 heavy (non-hydrogen) atoms. The lowest BCUT2D eigenvalue weighted by atomic mass is 9.94. The van der Waals surface area contributed by atoms with E-state index in [1.165, 1.54) is 0 Å². The van der Waals surface area contributed by atoms with Gasteiger partial charge in [-0.1, -0.05) is 31.1 Å². The van der Waals surface area contributed by atoms with Crippen LogP contribution in [0.3, 0.4) is 0 Å². The predicted octanol–water partition coefficient (Wildman–Crippen LogP) is 2.06. The van der Waals surface area contributed by atoms with E-state index < -0.39 is 0 Å². The highest BCUT2D eigenvalue weighted by atomic mass is 16.5. The quantitative estimate of drug-likeness (QED) is 0.841. The molecule has 0 saturated heterocycles. The third-order valence-corrected chi connectivity index (χ3v) is 3.05. The van der Waals surface area contributed by atoms with Crippen molar-refractivity contribution in [1.29, 1.82) is 0 Å². The molecule has 0 spiro atoms. The lowest BCUT2D eigenvalue weighted by molar-refractivity contribution is 0.140. The van der Waals surface area contributed by atoms with Crippen LogP contribution in [0.4, 0.5) is 0 Å². The Morgan fingerprint density at radius 2 is 1.95 bits per heavy atom. The summed E-state index contributed by atoms with van der Waals surface area (Å²) in [6.07, 6.45) is 0. The lowest BCUT2D eigenvalue weighted by Gasteiger charge is -2.18. The molecule has 0 fully saturated rings. The molecule has 1 heterocycles. The van der Waals surface area contributed by atoms with Gasteiger partial charge in [0.05, 0.1) is 18.6 Å². The van der Waals surface area contributed by atoms with Crippen LogP contribution < -0.4 is 4.74 Å². The molecule has 6 nitrogen and oxygen atoms in total. The minimum atomic E-state index is -0.306. The van der Waals surface area contributed by atoms with Crippen molar-refractivity contribution in [2.45, 2.75) is 32.5 Å². The van der Waals surface area contributed by atoms with Crippen molar-refractivity contribution in [3.05, 3.63) is 41.5 Å². The summed E-state index contributed by atoms with van der Waals surface area (Å²) in [4.78, 5) is 4.33. The van der Waals surface area contributed by atoms with E-state index in [0.29, 0.717) is 24.1 Å². The number of nitrogens with zero attached hydrogens (tertiary/aromatic N) is 2. The Morgan fingerprint density at radius 3 is 2.57 bits per heavy atom. The Balaban J connectivity index is 1.96. The van der Waals surface area contributed by atoms with Crippen molar-refractivity contribution in [3.63, 3.8) is 0 Å². The number of hydrogen-bond donors (Lipinski definition) is 1. The molecule has 0 radical (unpaired) electrons. The molecule has 1 aromatic heterocycles. The second kappa shape index (κ2) is 6.69. The highest BCUT2D eigenvalue weighted by Gasteiger charge is 2.26. The van der Waals surface area contributed by atoms with Crippen molar-refractivity contribution in [2.75, 3.05) is 13.7 Å². The summed E-state index contributed by atoms with van der Waals surface area (Å²) >= 11 is 0. The first-order chi connectivity index (χ1) is 10.0. The van der Waals surface area contributed by atoms with Gasteiger partial charge in [0.15, 0.2) is 12.4 Å².